The van der Waals surface area contributed by atoms with Crippen LogP contribution in [0.15, 0.2) is 78.5 Å². The first kappa shape index (κ1) is 21.0. The molecule has 2 heterocycles. The number of hydrogen-bond acceptors (Lipinski definition) is 5. The van der Waals surface area contributed by atoms with Gasteiger partial charge in [0.1, 0.15) is 0 Å². The molecule has 0 atom stereocenters. The van der Waals surface area contributed by atoms with Crippen molar-refractivity contribution in [1.82, 2.24) is 9.91 Å². The number of rotatable bonds is 4. The van der Waals surface area contributed by atoms with Gasteiger partial charge in [-0.1, -0.05) is 30.4 Å². The highest BCUT2D eigenvalue weighted by Crippen LogP contribution is 2.39. The van der Waals surface area contributed by atoms with Gasteiger partial charge < -0.3 is 0 Å². The van der Waals surface area contributed by atoms with Gasteiger partial charge in [0, 0.05) is 34.1 Å². The van der Waals surface area contributed by atoms with Gasteiger partial charge in [-0.25, -0.2) is 5.01 Å². The Morgan fingerprint density at radius 3 is 1.77 bits per heavy atom. The molecule has 0 unspecified atom stereocenters. The fourth-order valence-corrected chi connectivity index (χ4v) is 5.13. The maximum absolute atomic E-state index is 13.9. The average Bonchev–Trinajstić information content (AvgIpc) is 2.89. The maximum Gasteiger partial charge on any atom is 0.280 e. The number of nitrogens with zero attached hydrogens (tertiary/aromatic N) is 3. The van der Waals surface area contributed by atoms with Crippen LogP contribution in [0.2, 0.25) is 0 Å². The number of hydrogen-bond donors (Lipinski definition) is 0. The number of benzene rings is 3. The van der Waals surface area contributed by atoms with E-state index in [0.29, 0.717) is 45.1 Å². The molecule has 0 radical (unpaired) electrons. The van der Waals surface area contributed by atoms with Gasteiger partial charge in [-0.3, -0.25) is 24.1 Å². The van der Waals surface area contributed by atoms with Crippen molar-refractivity contribution in [3.63, 3.8) is 0 Å². The second kappa shape index (κ2) is 7.77. The molecule has 35 heavy (non-hydrogen) atoms. The highest BCUT2D eigenvalue weighted by molar-refractivity contribution is 6.33. The largest absolute Gasteiger partial charge is 0.280 e. The quantitative estimate of drug-likeness (QED) is 0.524. The first-order valence-corrected chi connectivity index (χ1v) is 11.6. The van der Waals surface area contributed by atoms with Crippen molar-refractivity contribution in [2.45, 2.75) is 19.8 Å². The smallest absolute Gasteiger partial charge is 0.275 e. The molecule has 0 spiro atoms. The minimum absolute atomic E-state index is 0.239. The normalized spacial score (nSPS) is 16.8. The molecule has 0 N–H and O–H groups in total. The lowest BCUT2D eigenvalue weighted by Crippen LogP contribution is -2.52. The lowest BCUT2D eigenvalue weighted by atomic mass is 9.86. The molecule has 7 heteroatoms. The zero-order valence-corrected chi connectivity index (χ0v) is 19.0. The Labute approximate surface area is 201 Å². The van der Waals surface area contributed by atoms with E-state index in [1.807, 2.05) is 48.6 Å². The van der Waals surface area contributed by atoms with Gasteiger partial charge in [0.2, 0.25) is 0 Å². The first-order valence-electron chi connectivity index (χ1n) is 11.6. The van der Waals surface area contributed by atoms with Crippen LogP contribution in [0.1, 0.15) is 61.2 Å². The van der Waals surface area contributed by atoms with Crippen LogP contribution in [0.4, 0.5) is 5.69 Å². The van der Waals surface area contributed by atoms with Crippen LogP contribution in [0.25, 0.3) is 10.8 Å². The lowest BCUT2D eigenvalue weighted by molar-refractivity contribution is 0.0587. The SMILES string of the molecule is CCN1C(=O)c2ccc3c4c(ccc(c24)C1=O)C(=O)N(N(C1=CC=CCC1)c1ccccc1)C3=O. The third-order valence-electron chi connectivity index (χ3n) is 6.74. The molecule has 0 saturated heterocycles. The van der Waals surface area contributed by atoms with Gasteiger partial charge in [-0.2, -0.15) is 5.01 Å². The van der Waals surface area contributed by atoms with Crippen LogP contribution >= 0.6 is 0 Å². The Bertz CT molecular complexity index is 1450. The average molecular weight is 463 g/mol. The number of carbonyl (C=O) groups excluding carboxylic acids is 4. The van der Waals surface area contributed by atoms with Crippen molar-refractivity contribution < 1.29 is 19.2 Å². The molecule has 2 aliphatic heterocycles. The summed E-state index contributed by atoms with van der Waals surface area (Å²) in [6, 6.07) is 15.7. The fraction of sp³-hybridized carbons (Fsp3) is 0.143. The van der Waals surface area contributed by atoms with Crippen molar-refractivity contribution in [1.29, 1.82) is 0 Å². The van der Waals surface area contributed by atoms with E-state index in [9.17, 15) is 19.2 Å². The summed E-state index contributed by atoms with van der Waals surface area (Å²) < 4.78 is 0. The Hall–Kier alpha value is -4.52. The summed E-state index contributed by atoms with van der Waals surface area (Å²) in [6.45, 7) is 1.98. The molecule has 6 rings (SSSR count). The predicted octanol–water partition coefficient (Wildman–Crippen LogP) is 4.71. The molecule has 3 aromatic rings. The molecule has 0 bridgehead atoms. The van der Waals surface area contributed by atoms with Crippen molar-refractivity contribution in [3.05, 3.63) is 101 Å². The fourth-order valence-electron chi connectivity index (χ4n) is 5.13. The van der Waals surface area contributed by atoms with E-state index < -0.39 is 23.6 Å². The predicted molar refractivity (Wildman–Crippen MR) is 131 cm³/mol. The third kappa shape index (κ3) is 2.91. The molecule has 172 valence electrons. The van der Waals surface area contributed by atoms with Gasteiger partial charge in [0.15, 0.2) is 0 Å². The number of allylic oxidation sites excluding steroid dienone is 4. The van der Waals surface area contributed by atoms with Crippen LogP contribution < -0.4 is 5.01 Å². The molecule has 7 nitrogen and oxygen atoms in total. The molecule has 1 aliphatic carbocycles. The summed E-state index contributed by atoms with van der Waals surface area (Å²) >= 11 is 0. The monoisotopic (exact) mass is 463 g/mol. The second-order valence-electron chi connectivity index (χ2n) is 8.62. The van der Waals surface area contributed by atoms with Crippen molar-refractivity contribution in [2.24, 2.45) is 0 Å². The van der Waals surface area contributed by atoms with E-state index in [0.717, 1.165) is 12.1 Å². The Kier molecular flexibility index (Phi) is 4.67. The summed E-state index contributed by atoms with van der Waals surface area (Å²) in [6.07, 6.45) is 7.32. The highest BCUT2D eigenvalue weighted by Gasteiger charge is 2.42. The summed E-state index contributed by atoms with van der Waals surface area (Å²) in [5.41, 5.74) is 2.75. The summed E-state index contributed by atoms with van der Waals surface area (Å²) in [4.78, 5) is 55.0. The number of amides is 4. The topological polar surface area (TPSA) is 78.0 Å². The summed E-state index contributed by atoms with van der Waals surface area (Å²) in [7, 11) is 0. The first-order chi connectivity index (χ1) is 17.0. The molecular weight excluding hydrogens is 442 g/mol. The maximum atomic E-state index is 13.9. The summed E-state index contributed by atoms with van der Waals surface area (Å²) in [5.74, 6) is -1.83. The number of anilines is 1. The van der Waals surface area contributed by atoms with Crippen molar-refractivity contribution in [3.8, 4) is 0 Å². The molecule has 0 aromatic heterocycles. The van der Waals surface area contributed by atoms with Gasteiger partial charge >= 0.3 is 0 Å². The van der Waals surface area contributed by atoms with Gasteiger partial charge in [0.25, 0.3) is 23.6 Å². The van der Waals surface area contributed by atoms with Crippen LogP contribution in [0.3, 0.4) is 0 Å². The highest BCUT2D eigenvalue weighted by atomic mass is 16.2. The Morgan fingerprint density at radius 1 is 0.743 bits per heavy atom. The van der Waals surface area contributed by atoms with Crippen LogP contribution in [-0.4, -0.2) is 40.1 Å². The minimum atomic E-state index is -0.497. The molecule has 3 aliphatic rings. The standard InChI is InChI=1S/C28H21N3O4/c1-2-29-25(32)19-13-15-21-24-22(16-14-20(23(19)24)26(29)33)28(35)31(27(21)34)30(17-9-5-3-6-10-17)18-11-7-4-8-12-18/h3-7,9-11,13-16H,2,8,12H2,1H3. The molecule has 0 saturated carbocycles. The number of para-hydroxylation sites is 1. The van der Waals surface area contributed by atoms with E-state index >= 15 is 0 Å². The van der Waals surface area contributed by atoms with E-state index in [1.54, 1.807) is 36.2 Å². The van der Waals surface area contributed by atoms with Crippen molar-refractivity contribution in [2.75, 3.05) is 11.6 Å². The molecular formula is C28H21N3O4. The number of carbonyl (C=O) groups is 4. The van der Waals surface area contributed by atoms with E-state index in [-0.39, 0.29) is 6.54 Å². The van der Waals surface area contributed by atoms with Gasteiger partial charge in [-0.15, -0.1) is 0 Å². The molecule has 0 fully saturated rings. The van der Waals surface area contributed by atoms with Crippen LogP contribution in [-0.2, 0) is 0 Å². The Morgan fingerprint density at radius 2 is 1.29 bits per heavy atom. The van der Waals surface area contributed by atoms with Crippen LogP contribution in [0, 0.1) is 0 Å². The van der Waals surface area contributed by atoms with E-state index in [1.165, 1.54) is 9.91 Å². The van der Waals surface area contributed by atoms with Crippen molar-refractivity contribution >= 4 is 40.1 Å². The summed E-state index contributed by atoms with van der Waals surface area (Å²) in [5, 5.41) is 3.59. The zero-order chi connectivity index (χ0) is 24.3. The third-order valence-corrected chi connectivity index (χ3v) is 6.74. The van der Waals surface area contributed by atoms with E-state index in [2.05, 4.69) is 0 Å². The molecule has 4 amide bonds. The van der Waals surface area contributed by atoms with Gasteiger partial charge in [0.05, 0.1) is 16.8 Å². The number of imide groups is 2. The Balaban J connectivity index is 1.57. The minimum Gasteiger partial charge on any atom is -0.275 e. The van der Waals surface area contributed by atoms with Crippen LogP contribution in [0.5, 0.6) is 0 Å². The van der Waals surface area contributed by atoms with Gasteiger partial charge in [-0.05, 0) is 62.2 Å². The lowest BCUT2D eigenvalue weighted by Gasteiger charge is -2.39. The zero-order valence-electron chi connectivity index (χ0n) is 19.0. The number of hydrazine groups is 1. The van der Waals surface area contributed by atoms with E-state index in [4.69, 9.17) is 0 Å². The molecule has 3 aromatic carbocycles. The second-order valence-corrected chi connectivity index (χ2v) is 8.62.